The first kappa shape index (κ1) is 13.7. The van der Waals surface area contributed by atoms with E-state index >= 15 is 0 Å². The molecule has 0 aliphatic heterocycles. The Bertz CT molecular complexity index is 335. The van der Waals surface area contributed by atoms with E-state index in [1.54, 1.807) is 0 Å². The SMILES string of the molecule is CC(N)CC(=O)NC(C)CCc1ccccc1. The fraction of sp³-hybridized carbons (Fsp3) is 0.500. The number of nitrogens with one attached hydrogen (secondary N) is 1. The van der Waals surface area contributed by atoms with E-state index in [1.165, 1.54) is 5.56 Å². The van der Waals surface area contributed by atoms with E-state index < -0.39 is 0 Å². The van der Waals surface area contributed by atoms with Crippen LogP contribution in [0.2, 0.25) is 0 Å². The van der Waals surface area contributed by atoms with Gasteiger partial charge in [0.2, 0.25) is 5.91 Å². The highest BCUT2D eigenvalue weighted by Gasteiger charge is 2.09. The van der Waals surface area contributed by atoms with Crippen molar-refractivity contribution < 1.29 is 4.79 Å². The number of nitrogens with two attached hydrogens (primary N) is 1. The van der Waals surface area contributed by atoms with E-state index in [4.69, 9.17) is 5.73 Å². The maximum atomic E-state index is 11.5. The molecule has 0 heterocycles. The Hall–Kier alpha value is -1.35. The lowest BCUT2D eigenvalue weighted by atomic mass is 10.1. The van der Waals surface area contributed by atoms with E-state index in [2.05, 4.69) is 17.4 Å². The largest absolute Gasteiger partial charge is 0.354 e. The standard InChI is InChI=1S/C14H22N2O/c1-11(15)10-14(17)16-12(2)8-9-13-6-4-3-5-7-13/h3-7,11-12H,8-10,15H2,1-2H3,(H,16,17). The molecule has 3 nitrogen and oxygen atoms in total. The molecule has 2 atom stereocenters. The summed E-state index contributed by atoms with van der Waals surface area (Å²) in [5, 5.41) is 2.96. The van der Waals surface area contributed by atoms with Crippen molar-refractivity contribution in [3.05, 3.63) is 35.9 Å². The zero-order valence-electron chi connectivity index (χ0n) is 10.6. The van der Waals surface area contributed by atoms with E-state index in [0.29, 0.717) is 6.42 Å². The molecule has 0 aliphatic carbocycles. The number of rotatable bonds is 6. The second-order valence-corrected chi connectivity index (χ2v) is 4.67. The molecule has 0 fully saturated rings. The quantitative estimate of drug-likeness (QED) is 0.789. The zero-order valence-corrected chi connectivity index (χ0v) is 10.6. The summed E-state index contributed by atoms with van der Waals surface area (Å²) in [5.41, 5.74) is 6.88. The average Bonchev–Trinajstić information content (AvgIpc) is 2.26. The number of amides is 1. The Morgan fingerprint density at radius 2 is 1.94 bits per heavy atom. The molecular weight excluding hydrogens is 212 g/mol. The second-order valence-electron chi connectivity index (χ2n) is 4.67. The minimum atomic E-state index is -0.0728. The van der Waals surface area contributed by atoms with Crippen LogP contribution in [0, 0.1) is 0 Å². The Morgan fingerprint density at radius 1 is 1.29 bits per heavy atom. The molecule has 0 aromatic heterocycles. The third kappa shape index (κ3) is 6.07. The molecule has 1 aromatic rings. The Kier molecular flexibility index (Phi) is 5.70. The molecular formula is C14H22N2O. The minimum absolute atomic E-state index is 0.0422. The maximum Gasteiger partial charge on any atom is 0.221 e. The van der Waals surface area contributed by atoms with Gasteiger partial charge < -0.3 is 11.1 Å². The molecule has 0 bridgehead atoms. The summed E-state index contributed by atoms with van der Waals surface area (Å²) in [7, 11) is 0. The first-order valence-electron chi connectivity index (χ1n) is 6.17. The van der Waals surface area contributed by atoms with Gasteiger partial charge in [0, 0.05) is 18.5 Å². The van der Waals surface area contributed by atoms with Gasteiger partial charge in [0.05, 0.1) is 0 Å². The van der Waals surface area contributed by atoms with Crippen LogP contribution in [0.25, 0.3) is 0 Å². The number of hydrogen-bond donors (Lipinski definition) is 2. The highest BCUT2D eigenvalue weighted by atomic mass is 16.1. The van der Waals surface area contributed by atoms with E-state index in [9.17, 15) is 4.79 Å². The van der Waals surface area contributed by atoms with Crippen LogP contribution < -0.4 is 11.1 Å². The molecule has 0 aliphatic rings. The smallest absolute Gasteiger partial charge is 0.221 e. The van der Waals surface area contributed by atoms with Crippen molar-refractivity contribution in [3.63, 3.8) is 0 Å². The zero-order chi connectivity index (χ0) is 12.7. The number of carbonyl (C=O) groups is 1. The van der Waals surface area contributed by atoms with Crippen LogP contribution in [-0.2, 0) is 11.2 Å². The average molecular weight is 234 g/mol. The van der Waals surface area contributed by atoms with Gasteiger partial charge in [-0.1, -0.05) is 30.3 Å². The molecule has 0 saturated carbocycles. The van der Waals surface area contributed by atoms with Crippen molar-refractivity contribution in [2.24, 2.45) is 5.73 Å². The van der Waals surface area contributed by atoms with Crippen molar-refractivity contribution >= 4 is 5.91 Å². The number of hydrogen-bond acceptors (Lipinski definition) is 2. The van der Waals surface area contributed by atoms with E-state index in [-0.39, 0.29) is 18.0 Å². The monoisotopic (exact) mass is 234 g/mol. The van der Waals surface area contributed by atoms with Gasteiger partial charge in [0.25, 0.3) is 0 Å². The van der Waals surface area contributed by atoms with Gasteiger partial charge in [-0.3, -0.25) is 4.79 Å². The van der Waals surface area contributed by atoms with Gasteiger partial charge in [0.15, 0.2) is 0 Å². The molecule has 3 heteroatoms. The van der Waals surface area contributed by atoms with E-state index in [0.717, 1.165) is 12.8 Å². The molecule has 0 radical (unpaired) electrons. The van der Waals surface area contributed by atoms with Gasteiger partial charge in [-0.2, -0.15) is 0 Å². The molecule has 17 heavy (non-hydrogen) atoms. The third-order valence-corrected chi connectivity index (χ3v) is 2.62. The van der Waals surface area contributed by atoms with Gasteiger partial charge in [-0.05, 0) is 32.3 Å². The highest BCUT2D eigenvalue weighted by molar-refractivity contribution is 5.76. The topological polar surface area (TPSA) is 55.1 Å². The summed E-state index contributed by atoms with van der Waals surface area (Å²) >= 11 is 0. The first-order chi connectivity index (χ1) is 8.08. The lowest BCUT2D eigenvalue weighted by Crippen LogP contribution is -2.36. The Labute approximate surface area is 103 Å². The van der Waals surface area contributed by atoms with Crippen molar-refractivity contribution in [2.75, 3.05) is 0 Å². The van der Waals surface area contributed by atoms with Crippen LogP contribution >= 0.6 is 0 Å². The summed E-state index contributed by atoms with van der Waals surface area (Å²) in [5.74, 6) is 0.0422. The molecule has 3 N–H and O–H groups in total. The summed E-state index contributed by atoms with van der Waals surface area (Å²) in [6, 6.07) is 10.4. The van der Waals surface area contributed by atoms with Crippen molar-refractivity contribution in [1.82, 2.24) is 5.32 Å². The summed E-state index contributed by atoms with van der Waals surface area (Å²) < 4.78 is 0. The molecule has 1 aromatic carbocycles. The van der Waals surface area contributed by atoms with Gasteiger partial charge in [-0.15, -0.1) is 0 Å². The van der Waals surface area contributed by atoms with Crippen molar-refractivity contribution in [3.8, 4) is 0 Å². The van der Waals surface area contributed by atoms with Crippen LogP contribution in [0.1, 0.15) is 32.3 Å². The molecule has 1 amide bonds. The third-order valence-electron chi connectivity index (χ3n) is 2.62. The predicted molar refractivity (Wildman–Crippen MR) is 70.6 cm³/mol. The summed E-state index contributed by atoms with van der Waals surface area (Å²) in [6.45, 7) is 3.87. The summed E-state index contributed by atoms with van der Waals surface area (Å²) in [6.07, 6.45) is 2.34. The highest BCUT2D eigenvalue weighted by Crippen LogP contribution is 2.04. The maximum absolute atomic E-state index is 11.5. The second kappa shape index (κ2) is 7.07. The lowest BCUT2D eigenvalue weighted by molar-refractivity contribution is -0.121. The number of aryl methyl sites for hydroxylation is 1. The molecule has 94 valence electrons. The molecule has 2 unspecified atom stereocenters. The Morgan fingerprint density at radius 3 is 2.53 bits per heavy atom. The van der Waals surface area contributed by atoms with Crippen molar-refractivity contribution in [2.45, 2.75) is 45.2 Å². The summed E-state index contributed by atoms with van der Waals surface area (Å²) in [4.78, 5) is 11.5. The number of carbonyl (C=O) groups excluding carboxylic acids is 1. The first-order valence-corrected chi connectivity index (χ1v) is 6.17. The van der Waals surface area contributed by atoms with Crippen molar-refractivity contribution in [1.29, 1.82) is 0 Å². The predicted octanol–water partition coefficient (Wildman–Crippen LogP) is 1.86. The fourth-order valence-corrected chi connectivity index (χ4v) is 1.73. The van der Waals surface area contributed by atoms with Crippen LogP contribution in [0.15, 0.2) is 30.3 Å². The van der Waals surface area contributed by atoms with Gasteiger partial charge in [0.1, 0.15) is 0 Å². The molecule has 0 spiro atoms. The lowest BCUT2D eigenvalue weighted by Gasteiger charge is -2.14. The minimum Gasteiger partial charge on any atom is -0.354 e. The van der Waals surface area contributed by atoms with Crippen LogP contribution in [0.4, 0.5) is 0 Å². The Balaban J connectivity index is 2.26. The van der Waals surface area contributed by atoms with Crippen LogP contribution in [-0.4, -0.2) is 18.0 Å². The van der Waals surface area contributed by atoms with E-state index in [1.807, 2.05) is 32.0 Å². The normalized spacial score (nSPS) is 14.1. The number of benzene rings is 1. The van der Waals surface area contributed by atoms with Crippen LogP contribution in [0.3, 0.4) is 0 Å². The van der Waals surface area contributed by atoms with Gasteiger partial charge in [-0.25, -0.2) is 0 Å². The molecule has 0 saturated heterocycles. The molecule has 1 rings (SSSR count). The van der Waals surface area contributed by atoms with Crippen LogP contribution in [0.5, 0.6) is 0 Å². The fourth-order valence-electron chi connectivity index (χ4n) is 1.73. The van der Waals surface area contributed by atoms with Gasteiger partial charge >= 0.3 is 0 Å².